The number of hydrogen-bond acceptors (Lipinski definition) is 8. The van der Waals surface area contributed by atoms with E-state index in [4.69, 9.17) is 50.7 Å². The molecule has 1 heterocycles. The van der Waals surface area contributed by atoms with E-state index in [0.717, 1.165) is 60.4 Å². The molecule has 18 heteroatoms. The zero-order chi connectivity index (χ0) is 37.3. The van der Waals surface area contributed by atoms with Crippen LogP contribution in [0.25, 0.3) is 22.9 Å². The van der Waals surface area contributed by atoms with Crippen molar-refractivity contribution in [3.8, 4) is 0 Å². The molecular weight excluding hydrogens is 682 g/mol. The van der Waals surface area contributed by atoms with Gasteiger partial charge in [-0.25, -0.2) is 29.1 Å². The van der Waals surface area contributed by atoms with Gasteiger partial charge in [0.25, 0.3) is 0 Å². The Balaban J connectivity index is -0.000000119. The molecule has 0 bridgehead atoms. The first-order valence-electron chi connectivity index (χ1n) is 14.7. The first-order valence-corrected chi connectivity index (χ1v) is 15.9. The second-order valence-corrected chi connectivity index (χ2v) is 8.67. The van der Waals surface area contributed by atoms with Gasteiger partial charge in [0.05, 0.1) is 0 Å². The molecule has 0 aliphatic rings. The van der Waals surface area contributed by atoms with Gasteiger partial charge in [-0.1, -0.05) is 105 Å². The molecule has 0 aliphatic carbocycles. The van der Waals surface area contributed by atoms with Crippen LogP contribution in [-0.2, 0) is 42.1 Å². The summed E-state index contributed by atoms with van der Waals surface area (Å²) in [7, 11) is 0. The van der Waals surface area contributed by atoms with Crippen LogP contribution in [0, 0.1) is 0 Å². The molecule has 0 amide bonds. The molecule has 0 atom stereocenters. The first-order chi connectivity index (χ1) is 21.9. The van der Waals surface area contributed by atoms with E-state index in [1.54, 1.807) is 0 Å². The molecule has 0 aliphatic heterocycles. The Morgan fingerprint density at radius 3 is 0.652 bits per heavy atom. The van der Waals surface area contributed by atoms with E-state index in [0.29, 0.717) is 26.2 Å². The van der Waals surface area contributed by atoms with Crippen molar-refractivity contribution in [2.24, 2.45) is 0 Å². The van der Waals surface area contributed by atoms with E-state index in [1.807, 2.05) is 0 Å². The summed E-state index contributed by atoms with van der Waals surface area (Å²) in [5, 5.41) is 34.6. The minimum atomic E-state index is -1.83. The Morgan fingerprint density at radius 1 is 0.435 bits per heavy atom. The number of hydrogen-bond donors (Lipinski definition) is 4. The fourth-order valence-electron chi connectivity index (χ4n) is 2.53. The minimum absolute atomic E-state index is 0.605. The molecule has 0 fully saturated rings. The zero-order valence-electron chi connectivity index (χ0n) is 27.3. The van der Waals surface area contributed by atoms with Crippen LogP contribution in [0.1, 0.15) is 147 Å². The predicted molar refractivity (Wildman–Crippen MR) is 166 cm³/mol. The van der Waals surface area contributed by atoms with E-state index in [-0.39, 0.29) is 0 Å². The van der Waals surface area contributed by atoms with Gasteiger partial charge >= 0.3 is 66.0 Å². The summed E-state index contributed by atoms with van der Waals surface area (Å²) in [5.74, 6) is -7.34. The Bertz CT molecular complexity index is 739. The predicted octanol–water partition coefficient (Wildman–Crippen LogP) is 7.94. The molecule has 0 unspecified atom stereocenters. The molecule has 0 saturated heterocycles. The topological polar surface area (TPSA) is 304 Å². The monoisotopic (exact) mass is 734 g/mol. The van der Waals surface area contributed by atoms with E-state index >= 15 is 0 Å². The van der Waals surface area contributed by atoms with E-state index in [2.05, 4.69) is 37.7 Å². The molecular formula is C28H52N6O10V2. The summed E-state index contributed by atoms with van der Waals surface area (Å²) in [6, 6.07) is 0. The molecule has 1 aromatic rings. The molecule has 16 nitrogen and oxygen atoms in total. The van der Waals surface area contributed by atoms with Crippen molar-refractivity contribution in [2.75, 3.05) is 26.2 Å². The van der Waals surface area contributed by atoms with Crippen molar-refractivity contribution < 1.29 is 81.7 Å². The number of rotatable bonds is 16. The summed E-state index contributed by atoms with van der Waals surface area (Å²) in [6.07, 6.45) is 14.2. The van der Waals surface area contributed by atoms with E-state index < -0.39 is 46.7 Å². The van der Waals surface area contributed by atoms with Gasteiger partial charge in [0, 0.05) is 0 Å². The summed E-state index contributed by atoms with van der Waals surface area (Å²) < 4.78 is 16.4. The number of carboxylic acids is 4. The van der Waals surface area contributed by atoms with Crippen LogP contribution in [0.3, 0.4) is 0 Å². The van der Waals surface area contributed by atoms with Gasteiger partial charge in [-0.15, -0.1) is 0 Å². The van der Waals surface area contributed by atoms with E-state index in [1.165, 1.54) is 51.4 Å². The molecule has 8 N–H and O–H groups in total. The van der Waals surface area contributed by atoms with Crippen LogP contribution in [0.15, 0.2) is 0 Å². The number of unbranched alkanes of at least 4 members (excludes halogenated alkanes) is 8. The second-order valence-electron chi connectivity index (χ2n) is 8.67. The molecule has 264 valence electrons. The maximum atomic E-state index is 10.7. The number of aromatic nitrogens is 2. The molecule has 0 spiro atoms. The zero-order valence-corrected chi connectivity index (χ0v) is 30.1. The van der Waals surface area contributed by atoms with Crippen molar-refractivity contribution >= 4 is 23.9 Å². The average Bonchev–Trinajstić information content (AvgIpc) is 3.06. The average molecular weight is 735 g/mol. The Labute approximate surface area is 291 Å². The molecule has 1 rings (SSSR count). The Kier molecular flexibility index (Phi) is 57.1. The molecule has 0 saturated carbocycles. The van der Waals surface area contributed by atoms with Gasteiger partial charge < -0.3 is 43.4 Å². The standard InChI is InChI=1S/C8H4N2O8.4C5H12N.2O.2V/c11-5(12)1-2(6(13)14)10-4(8(17)18)3(9-1)7(15)16;4*1-2-3-4-5-6;;;;/h(H,11,12)(H,13,14)(H,15,16)(H,17,18);4*6H,2-5H2,1H3;;;;/q;4*-1;;;2*+2. The van der Waals surface area contributed by atoms with Gasteiger partial charge in [0.2, 0.25) is 0 Å². The van der Waals surface area contributed by atoms with Crippen molar-refractivity contribution in [1.82, 2.24) is 9.97 Å². The van der Waals surface area contributed by atoms with Crippen LogP contribution in [0.5, 0.6) is 0 Å². The van der Waals surface area contributed by atoms with Crippen molar-refractivity contribution in [3.63, 3.8) is 0 Å². The molecule has 0 radical (unpaired) electrons. The van der Waals surface area contributed by atoms with Crippen molar-refractivity contribution in [3.05, 3.63) is 45.7 Å². The Hall–Kier alpha value is -2.43. The summed E-state index contributed by atoms with van der Waals surface area (Å²) in [5.41, 5.74) is 22.2. The summed E-state index contributed by atoms with van der Waals surface area (Å²) in [6.45, 7) is 11.0. The van der Waals surface area contributed by atoms with E-state index in [9.17, 15) is 19.2 Å². The Morgan fingerprint density at radius 2 is 0.587 bits per heavy atom. The summed E-state index contributed by atoms with van der Waals surface area (Å²) >= 11 is 2.12. The first kappa shape index (κ1) is 55.9. The number of nitrogens with one attached hydrogen (secondary N) is 4. The van der Waals surface area contributed by atoms with Gasteiger partial charge in [-0.3, -0.25) is 0 Å². The number of carboxylic acid groups (broad SMARTS) is 4. The van der Waals surface area contributed by atoms with Crippen molar-refractivity contribution in [1.29, 1.82) is 0 Å². The van der Waals surface area contributed by atoms with Crippen LogP contribution < -0.4 is 0 Å². The third-order valence-corrected chi connectivity index (χ3v) is 4.83. The SMILES string of the molecule is CCCCC[NH-].CCCCC[NH-].CCCCC[NH-].CCCCC[NH-].O=C(O)c1nc(C(=O)O)c(C(=O)O)nc1C(=O)O.[O]=[V+2].[O]=[V+2]. The quantitative estimate of drug-likeness (QED) is 0.118. The van der Waals surface area contributed by atoms with Gasteiger partial charge in [0.1, 0.15) is 0 Å². The van der Waals surface area contributed by atoms with Crippen LogP contribution >= 0.6 is 0 Å². The van der Waals surface area contributed by atoms with Gasteiger partial charge in [0.15, 0.2) is 22.8 Å². The molecule has 1 aromatic heterocycles. The fourth-order valence-corrected chi connectivity index (χ4v) is 2.53. The van der Waals surface area contributed by atoms with Crippen LogP contribution in [0.2, 0.25) is 0 Å². The van der Waals surface area contributed by atoms with Gasteiger partial charge in [-0.2, -0.15) is 26.2 Å². The summed E-state index contributed by atoms with van der Waals surface area (Å²) in [4.78, 5) is 48.7. The second kappa shape index (κ2) is 47.0. The third kappa shape index (κ3) is 39.6. The fraction of sp³-hybridized carbons (Fsp3) is 0.714. The number of carbonyl (C=O) groups is 4. The van der Waals surface area contributed by atoms with Crippen LogP contribution in [0.4, 0.5) is 0 Å². The van der Waals surface area contributed by atoms with Gasteiger partial charge in [-0.05, 0) is 0 Å². The van der Waals surface area contributed by atoms with Crippen molar-refractivity contribution in [2.45, 2.75) is 105 Å². The molecule has 0 aromatic carbocycles. The van der Waals surface area contributed by atoms with Crippen LogP contribution in [-0.4, -0.2) is 80.5 Å². The molecule has 46 heavy (non-hydrogen) atoms. The third-order valence-electron chi connectivity index (χ3n) is 4.83. The normalized spacial score (nSPS) is 8.78. The maximum absolute atomic E-state index is 10.7. The number of nitrogens with zero attached hydrogens (tertiary/aromatic N) is 2. The number of aromatic carboxylic acids is 4.